The number of hydrogen-bond donors (Lipinski definition) is 0. The molecule has 0 aliphatic rings. The molecule has 0 aliphatic carbocycles. The van der Waals surface area contributed by atoms with Crippen LogP contribution in [0.2, 0.25) is 0 Å². The van der Waals surface area contributed by atoms with Crippen LogP contribution in [0.15, 0.2) is 69.9 Å². The minimum atomic E-state index is -0.303. The van der Waals surface area contributed by atoms with Gasteiger partial charge in [0.05, 0.1) is 0 Å². The topological polar surface area (TPSA) is 60.4 Å². The van der Waals surface area contributed by atoms with Gasteiger partial charge in [-0.15, -0.1) is 5.10 Å². The number of furan rings is 1. The van der Waals surface area contributed by atoms with E-state index in [2.05, 4.69) is 10.1 Å². The molecule has 5 rings (SSSR count). The van der Waals surface area contributed by atoms with Crippen molar-refractivity contribution in [2.45, 2.75) is 6.92 Å². The van der Waals surface area contributed by atoms with Gasteiger partial charge < -0.3 is 4.42 Å². The molecule has 0 fully saturated rings. The maximum Gasteiger partial charge on any atom is 0.291 e. The average Bonchev–Trinajstić information content (AvgIpc) is 3.41. The molecule has 5 aromatic rings. The van der Waals surface area contributed by atoms with Crippen LogP contribution in [0.1, 0.15) is 11.3 Å². The molecule has 142 valence electrons. The molecule has 0 amide bonds. The highest BCUT2D eigenvalue weighted by Gasteiger charge is 2.13. The summed E-state index contributed by atoms with van der Waals surface area (Å²) in [6.07, 6.45) is 1.67. The van der Waals surface area contributed by atoms with Gasteiger partial charge in [-0.25, -0.2) is 4.39 Å². The van der Waals surface area contributed by atoms with E-state index in [-0.39, 0.29) is 11.4 Å². The van der Waals surface area contributed by atoms with Crippen LogP contribution >= 0.6 is 11.3 Å². The zero-order valence-electron chi connectivity index (χ0n) is 15.3. The van der Waals surface area contributed by atoms with Crippen LogP contribution in [0.4, 0.5) is 4.39 Å². The number of thiazole rings is 1. The van der Waals surface area contributed by atoms with E-state index in [1.165, 1.54) is 28.0 Å². The number of hydrogen-bond acceptors (Lipinski definition) is 5. The van der Waals surface area contributed by atoms with Gasteiger partial charge in [-0.2, -0.15) is 9.50 Å². The molecule has 29 heavy (non-hydrogen) atoms. The van der Waals surface area contributed by atoms with Gasteiger partial charge in [0.1, 0.15) is 21.9 Å². The summed E-state index contributed by atoms with van der Waals surface area (Å²) in [6.45, 7) is 1.98. The molecular formula is C22H14FN3O2S. The Labute approximate surface area is 168 Å². The number of benzene rings is 2. The SMILES string of the molecule is Cc1ccccc1-c1nc2sc(=Cc3ccc(-c4ccc(F)cc4)o3)c(=O)n2n1. The fourth-order valence-electron chi connectivity index (χ4n) is 3.10. The van der Waals surface area contributed by atoms with Gasteiger partial charge in [-0.05, 0) is 48.9 Å². The van der Waals surface area contributed by atoms with Gasteiger partial charge in [0.2, 0.25) is 4.96 Å². The molecule has 0 N–H and O–H groups in total. The lowest BCUT2D eigenvalue weighted by Crippen LogP contribution is -2.23. The normalized spacial score (nSPS) is 12.1. The smallest absolute Gasteiger partial charge is 0.291 e. The van der Waals surface area contributed by atoms with Crippen molar-refractivity contribution in [1.82, 2.24) is 14.6 Å². The van der Waals surface area contributed by atoms with E-state index >= 15 is 0 Å². The Balaban J connectivity index is 1.53. The van der Waals surface area contributed by atoms with Crippen LogP contribution in [0, 0.1) is 12.7 Å². The van der Waals surface area contributed by atoms with E-state index in [1.54, 1.807) is 30.3 Å². The summed E-state index contributed by atoms with van der Waals surface area (Å²) in [4.78, 5) is 17.8. The van der Waals surface area contributed by atoms with Gasteiger partial charge >= 0.3 is 0 Å². The zero-order chi connectivity index (χ0) is 20.0. The quantitative estimate of drug-likeness (QED) is 0.456. The highest BCUT2D eigenvalue weighted by Crippen LogP contribution is 2.23. The predicted molar refractivity (Wildman–Crippen MR) is 110 cm³/mol. The Morgan fingerprint density at radius 3 is 2.62 bits per heavy atom. The van der Waals surface area contributed by atoms with Crippen LogP contribution in [-0.2, 0) is 0 Å². The average molecular weight is 403 g/mol. The first-order valence-electron chi connectivity index (χ1n) is 8.91. The third-order valence-corrected chi connectivity index (χ3v) is 5.56. The van der Waals surface area contributed by atoms with Crippen molar-refractivity contribution in [3.05, 3.63) is 92.7 Å². The van der Waals surface area contributed by atoms with E-state index < -0.39 is 0 Å². The number of halogens is 1. The highest BCUT2D eigenvalue weighted by molar-refractivity contribution is 7.15. The molecule has 2 aromatic carbocycles. The molecule has 0 bridgehead atoms. The third-order valence-electron chi connectivity index (χ3n) is 4.60. The Morgan fingerprint density at radius 2 is 1.86 bits per heavy atom. The zero-order valence-corrected chi connectivity index (χ0v) is 16.1. The molecular weight excluding hydrogens is 389 g/mol. The van der Waals surface area contributed by atoms with Gasteiger partial charge in [-0.3, -0.25) is 4.79 Å². The van der Waals surface area contributed by atoms with Crippen LogP contribution < -0.4 is 10.1 Å². The van der Waals surface area contributed by atoms with Crippen LogP contribution in [0.25, 0.3) is 33.7 Å². The van der Waals surface area contributed by atoms with Crippen molar-refractivity contribution in [3.63, 3.8) is 0 Å². The molecule has 0 saturated heterocycles. The van der Waals surface area contributed by atoms with E-state index in [0.717, 1.165) is 16.7 Å². The van der Waals surface area contributed by atoms with E-state index in [1.807, 2.05) is 31.2 Å². The third kappa shape index (κ3) is 3.15. The molecule has 3 aromatic heterocycles. The first-order chi connectivity index (χ1) is 14.1. The van der Waals surface area contributed by atoms with Crippen LogP contribution in [0.5, 0.6) is 0 Å². The number of aryl methyl sites for hydroxylation is 1. The van der Waals surface area contributed by atoms with Crippen molar-refractivity contribution in [1.29, 1.82) is 0 Å². The fourth-order valence-corrected chi connectivity index (χ4v) is 3.99. The Bertz CT molecular complexity index is 1450. The van der Waals surface area contributed by atoms with Gasteiger partial charge in [0, 0.05) is 17.2 Å². The molecule has 3 heterocycles. The van der Waals surface area contributed by atoms with E-state index in [4.69, 9.17) is 4.42 Å². The summed E-state index contributed by atoms with van der Waals surface area (Å²) in [6, 6.07) is 17.4. The van der Waals surface area contributed by atoms with E-state index in [9.17, 15) is 9.18 Å². The minimum absolute atomic E-state index is 0.239. The molecule has 0 atom stereocenters. The molecule has 7 heteroatoms. The standard InChI is InChI=1S/C22H14FN3O2S/c1-13-4-2-3-5-17(13)20-24-22-26(25-20)21(27)19(29-22)12-16-10-11-18(28-16)14-6-8-15(23)9-7-14/h2-12H,1H3. The summed E-state index contributed by atoms with van der Waals surface area (Å²) in [5, 5.41) is 4.38. The second-order valence-corrected chi connectivity index (χ2v) is 7.58. The summed E-state index contributed by atoms with van der Waals surface area (Å²) in [5.74, 6) is 1.37. The van der Waals surface area contributed by atoms with Crippen LogP contribution in [0.3, 0.4) is 0 Å². The number of aromatic nitrogens is 3. The molecule has 0 radical (unpaired) electrons. The maximum atomic E-state index is 13.1. The maximum absolute atomic E-state index is 13.1. The summed E-state index contributed by atoms with van der Waals surface area (Å²) >= 11 is 1.26. The second kappa shape index (κ2) is 6.79. The predicted octanol–water partition coefficient (Wildman–Crippen LogP) is 4.07. The first kappa shape index (κ1) is 17.5. The Hall–Kier alpha value is -3.58. The minimum Gasteiger partial charge on any atom is -0.457 e. The summed E-state index contributed by atoms with van der Waals surface area (Å²) in [7, 11) is 0. The number of nitrogens with zero attached hydrogens (tertiary/aromatic N) is 3. The van der Waals surface area contributed by atoms with Crippen molar-refractivity contribution in [2.24, 2.45) is 0 Å². The lowest BCUT2D eigenvalue weighted by atomic mass is 10.1. The number of rotatable bonds is 3. The molecule has 0 unspecified atom stereocenters. The highest BCUT2D eigenvalue weighted by atomic mass is 32.1. The molecule has 5 nitrogen and oxygen atoms in total. The second-order valence-electron chi connectivity index (χ2n) is 6.57. The fraction of sp³-hybridized carbons (Fsp3) is 0.0455. The van der Waals surface area contributed by atoms with E-state index in [0.29, 0.717) is 26.8 Å². The van der Waals surface area contributed by atoms with Crippen LogP contribution in [-0.4, -0.2) is 14.6 Å². The van der Waals surface area contributed by atoms with Gasteiger partial charge in [0.15, 0.2) is 5.82 Å². The summed E-state index contributed by atoms with van der Waals surface area (Å²) < 4.78 is 20.7. The lowest BCUT2D eigenvalue weighted by molar-refractivity contribution is 0.571. The van der Waals surface area contributed by atoms with Crippen molar-refractivity contribution < 1.29 is 8.81 Å². The molecule has 0 spiro atoms. The Morgan fingerprint density at radius 1 is 1.07 bits per heavy atom. The summed E-state index contributed by atoms with van der Waals surface area (Å²) in [5.41, 5.74) is 2.48. The van der Waals surface area contributed by atoms with Crippen molar-refractivity contribution >= 4 is 22.4 Å². The lowest BCUT2D eigenvalue weighted by Gasteiger charge is -1.98. The molecule has 0 aliphatic heterocycles. The number of fused-ring (bicyclic) bond motifs is 1. The Kier molecular flexibility index (Phi) is 4.10. The first-order valence-corrected chi connectivity index (χ1v) is 9.73. The largest absolute Gasteiger partial charge is 0.457 e. The van der Waals surface area contributed by atoms with Gasteiger partial charge in [0.25, 0.3) is 5.56 Å². The van der Waals surface area contributed by atoms with Crippen molar-refractivity contribution in [3.8, 4) is 22.7 Å². The van der Waals surface area contributed by atoms with Gasteiger partial charge in [-0.1, -0.05) is 35.6 Å². The molecule has 0 saturated carbocycles. The van der Waals surface area contributed by atoms with Crippen molar-refractivity contribution in [2.75, 3.05) is 0 Å². The monoisotopic (exact) mass is 403 g/mol.